The standard InChI is InChI=1S/C11H22O2/c1-3-5-7-8-9-11(12)13-10-6-4-2/h3-10H2,1-2H3/i1D3,3D2,5D2,7D2,8D2,9D2. The highest BCUT2D eigenvalue weighted by Crippen LogP contribution is 2.03. The third-order valence-electron chi connectivity index (χ3n) is 1.08. The van der Waals surface area contributed by atoms with Crippen molar-refractivity contribution in [2.75, 3.05) is 6.61 Å². The second-order valence-electron chi connectivity index (χ2n) is 2.11. The number of rotatable bonds is 8. The molecule has 13 heavy (non-hydrogen) atoms. The van der Waals surface area contributed by atoms with Gasteiger partial charge in [-0.15, -0.1) is 0 Å². The molecule has 0 bridgehead atoms. The lowest BCUT2D eigenvalue weighted by atomic mass is 10.2. The Morgan fingerprint density at radius 1 is 1.46 bits per heavy atom. The number of esters is 1. The van der Waals surface area contributed by atoms with Crippen molar-refractivity contribution in [3.63, 3.8) is 0 Å². The quantitative estimate of drug-likeness (QED) is 0.443. The van der Waals surface area contributed by atoms with Crippen molar-refractivity contribution in [3.8, 4) is 0 Å². The Morgan fingerprint density at radius 2 is 2.31 bits per heavy atom. The van der Waals surface area contributed by atoms with Crippen molar-refractivity contribution in [1.29, 1.82) is 0 Å². The molecule has 0 aliphatic rings. The van der Waals surface area contributed by atoms with Gasteiger partial charge in [-0.25, -0.2) is 0 Å². The molecule has 0 aliphatic heterocycles. The van der Waals surface area contributed by atoms with E-state index in [4.69, 9.17) is 17.8 Å². The number of ether oxygens (including phenoxy) is 1. The van der Waals surface area contributed by atoms with Crippen LogP contribution in [-0.2, 0) is 9.53 Å². The van der Waals surface area contributed by atoms with Gasteiger partial charge in [0, 0.05) is 24.2 Å². The van der Waals surface area contributed by atoms with E-state index in [2.05, 4.69) is 4.74 Å². The number of unbranched alkanes of at least 4 members (excludes halogenated alkanes) is 1. The first-order valence-corrected chi connectivity index (χ1v) is 3.90. The monoisotopic (exact) mass is 199 g/mol. The second kappa shape index (κ2) is 9.56. The van der Waals surface area contributed by atoms with Crippen molar-refractivity contribution < 1.29 is 27.4 Å². The number of hydrogen-bond donors (Lipinski definition) is 0. The zero-order valence-electron chi connectivity index (χ0n) is 20.4. The van der Waals surface area contributed by atoms with Crippen LogP contribution in [0.4, 0.5) is 0 Å². The molecular formula is C11H22O2. The molecule has 0 saturated carbocycles. The summed E-state index contributed by atoms with van der Waals surface area (Å²) in [6.45, 7) is -2.20. The van der Waals surface area contributed by atoms with E-state index in [9.17, 15) is 4.79 Å². The van der Waals surface area contributed by atoms with Crippen LogP contribution in [0.5, 0.6) is 0 Å². The third kappa shape index (κ3) is 9.38. The van der Waals surface area contributed by atoms with Gasteiger partial charge in [-0.1, -0.05) is 39.3 Å². The van der Waals surface area contributed by atoms with Crippen LogP contribution in [0.3, 0.4) is 0 Å². The van der Waals surface area contributed by atoms with Crippen molar-refractivity contribution in [2.24, 2.45) is 0 Å². The maximum absolute atomic E-state index is 11.9. The summed E-state index contributed by atoms with van der Waals surface area (Å²) in [6, 6.07) is 0. The lowest BCUT2D eigenvalue weighted by Gasteiger charge is -2.02. The van der Waals surface area contributed by atoms with Gasteiger partial charge < -0.3 is 4.74 Å². The van der Waals surface area contributed by atoms with Gasteiger partial charge in [0.1, 0.15) is 0 Å². The summed E-state index contributed by atoms with van der Waals surface area (Å²) in [7, 11) is 0. The lowest BCUT2D eigenvalue weighted by molar-refractivity contribution is -0.143. The zero-order valence-corrected chi connectivity index (χ0v) is 7.44. The van der Waals surface area contributed by atoms with Gasteiger partial charge >= 0.3 is 5.97 Å². The van der Waals surface area contributed by atoms with E-state index in [-0.39, 0.29) is 6.61 Å². The lowest BCUT2D eigenvalue weighted by Crippen LogP contribution is -2.05. The molecule has 0 radical (unpaired) electrons. The van der Waals surface area contributed by atoms with Crippen LogP contribution in [0.2, 0.25) is 0 Å². The molecule has 0 spiro atoms. The highest BCUT2D eigenvalue weighted by molar-refractivity contribution is 5.69. The summed E-state index contributed by atoms with van der Waals surface area (Å²) in [5.41, 5.74) is 0. The van der Waals surface area contributed by atoms with Crippen molar-refractivity contribution in [3.05, 3.63) is 0 Å². The van der Waals surface area contributed by atoms with E-state index in [1.54, 1.807) is 6.92 Å². The molecule has 0 saturated heterocycles. The minimum absolute atomic E-state index is 0.267. The molecular weight excluding hydrogens is 164 g/mol. The number of carbonyl (C=O) groups is 1. The Bertz CT molecular complexity index is 509. The van der Waals surface area contributed by atoms with Gasteiger partial charge in [-0.2, -0.15) is 0 Å². The molecule has 0 amide bonds. The smallest absolute Gasteiger partial charge is 0.305 e. The highest BCUT2D eigenvalue weighted by Gasteiger charge is 2.00. The molecule has 0 rings (SSSR count). The second-order valence-corrected chi connectivity index (χ2v) is 2.11. The van der Waals surface area contributed by atoms with E-state index < -0.39 is 44.7 Å². The Kier molecular flexibility index (Phi) is 2.01. The fourth-order valence-corrected chi connectivity index (χ4v) is 0.490. The van der Waals surface area contributed by atoms with Crippen LogP contribution >= 0.6 is 0 Å². The Labute approximate surface area is 99.9 Å². The Balaban J connectivity index is 6.04. The van der Waals surface area contributed by atoms with Gasteiger partial charge in [-0.05, 0) is 12.8 Å². The molecule has 2 nitrogen and oxygen atoms in total. The van der Waals surface area contributed by atoms with Crippen LogP contribution in [0.15, 0.2) is 0 Å². The predicted molar refractivity (Wildman–Crippen MR) is 54.6 cm³/mol. The van der Waals surface area contributed by atoms with E-state index in [1.165, 1.54) is 0 Å². The first kappa shape index (κ1) is 2.74. The largest absolute Gasteiger partial charge is 0.466 e. The Hall–Kier alpha value is -0.530. The normalized spacial score (nSPS) is 31.3. The van der Waals surface area contributed by atoms with Gasteiger partial charge in [0.25, 0.3) is 0 Å². The molecule has 0 aromatic carbocycles. The third-order valence-corrected chi connectivity index (χ3v) is 1.08. The van der Waals surface area contributed by atoms with E-state index in [0.717, 1.165) is 0 Å². The molecule has 0 unspecified atom stereocenters. The summed E-state index contributed by atoms with van der Waals surface area (Å²) < 4.78 is 102. The summed E-state index contributed by atoms with van der Waals surface area (Å²) >= 11 is 0. The SMILES string of the molecule is [2H]C([2H])([2H])C([2H])([2H])C([2H])([2H])C([2H])([2H])C([2H])([2H])C([2H])([2H])C(=O)OCCCC. The fourth-order valence-electron chi connectivity index (χ4n) is 0.490. The van der Waals surface area contributed by atoms with Crippen LogP contribution in [0.25, 0.3) is 0 Å². The summed E-state index contributed by atoms with van der Waals surface area (Å²) in [5.74, 6) is -1.79. The molecule has 0 aromatic heterocycles. The van der Waals surface area contributed by atoms with Crippen LogP contribution in [0, 0.1) is 0 Å². The molecule has 0 N–H and O–H groups in total. The molecule has 78 valence electrons. The van der Waals surface area contributed by atoms with E-state index in [1.807, 2.05) is 0 Å². The summed E-state index contributed by atoms with van der Waals surface area (Å²) in [4.78, 5) is 11.9. The average molecular weight is 199 g/mol. The molecule has 0 atom stereocenters. The van der Waals surface area contributed by atoms with Gasteiger partial charge in [0.15, 0.2) is 0 Å². The highest BCUT2D eigenvalue weighted by atomic mass is 16.5. The topological polar surface area (TPSA) is 26.3 Å². The van der Waals surface area contributed by atoms with Crippen molar-refractivity contribution in [1.82, 2.24) is 0 Å². The van der Waals surface area contributed by atoms with E-state index in [0.29, 0.717) is 12.8 Å². The average Bonchev–Trinajstić information content (AvgIpc) is 2.45. The van der Waals surface area contributed by atoms with Gasteiger partial charge in [0.2, 0.25) is 0 Å². The number of carbonyl (C=O) groups excluding carboxylic acids is 1. The van der Waals surface area contributed by atoms with Crippen LogP contribution < -0.4 is 0 Å². The first-order valence-electron chi connectivity index (χ1n) is 10.4. The zero-order chi connectivity index (χ0) is 21.4. The molecule has 0 aliphatic carbocycles. The Morgan fingerprint density at radius 3 is 3.00 bits per heavy atom. The molecule has 0 aromatic rings. The maximum atomic E-state index is 11.9. The maximum Gasteiger partial charge on any atom is 0.305 e. The van der Waals surface area contributed by atoms with Crippen LogP contribution in [0.1, 0.15) is 76.3 Å². The van der Waals surface area contributed by atoms with Crippen molar-refractivity contribution >= 4 is 5.97 Å². The first-order chi connectivity index (χ1) is 11.2. The van der Waals surface area contributed by atoms with Crippen molar-refractivity contribution in [2.45, 2.75) is 58.5 Å². The van der Waals surface area contributed by atoms with Gasteiger partial charge in [0.05, 0.1) is 6.61 Å². The molecule has 2 heteroatoms. The minimum Gasteiger partial charge on any atom is -0.466 e. The fraction of sp³-hybridized carbons (Fsp3) is 0.909. The minimum atomic E-state index is -4.05. The summed E-state index contributed by atoms with van der Waals surface area (Å²) in [5, 5.41) is 0. The van der Waals surface area contributed by atoms with E-state index >= 15 is 0 Å². The molecule has 0 fully saturated rings. The molecule has 0 heterocycles. The summed E-state index contributed by atoms with van der Waals surface area (Å²) in [6.07, 6.45) is -18.7. The van der Waals surface area contributed by atoms with Crippen LogP contribution in [-0.4, -0.2) is 12.6 Å². The van der Waals surface area contributed by atoms with Gasteiger partial charge in [-0.3, -0.25) is 4.79 Å². The predicted octanol–water partition coefficient (Wildman–Crippen LogP) is 3.30. The number of hydrogen-bond acceptors (Lipinski definition) is 2.